The number of carbonyl (C=O) groups is 3. The number of nitrogens with one attached hydrogen (secondary N) is 6. The Balaban J connectivity index is 0.000000247. The molecule has 6 aromatic rings. The first-order valence-corrected chi connectivity index (χ1v) is 27.5. The lowest BCUT2D eigenvalue weighted by Gasteiger charge is -2.21. The molecule has 6 rings (SSSR count). The van der Waals surface area contributed by atoms with Gasteiger partial charge in [-0.05, 0) is 222 Å². The van der Waals surface area contributed by atoms with Crippen LogP contribution in [-0.2, 0) is 14.5 Å². The molecule has 76 heavy (non-hydrogen) atoms. The normalized spacial score (nSPS) is 10.9. The summed E-state index contributed by atoms with van der Waals surface area (Å²) in [5, 5.41) is 35.2. The van der Waals surface area contributed by atoms with Gasteiger partial charge in [-0.15, -0.1) is 0 Å². The first-order chi connectivity index (χ1) is 36.0. The lowest BCUT2D eigenvalue weighted by molar-refractivity contribution is -0.0197. The Morgan fingerprint density at radius 3 is 1.38 bits per heavy atom. The maximum absolute atomic E-state index is 14.1. The minimum Gasteiger partial charge on any atom is -0.396 e. The summed E-state index contributed by atoms with van der Waals surface area (Å²) in [6, 6.07) is 23.4. The second kappa shape index (κ2) is 31.6. The van der Waals surface area contributed by atoms with Gasteiger partial charge in [0.2, 0.25) is 0 Å². The maximum Gasteiger partial charge on any atom is 0.277 e. The highest BCUT2D eigenvalue weighted by molar-refractivity contribution is 14.1. The molecule has 6 aromatic carbocycles. The van der Waals surface area contributed by atoms with Crippen molar-refractivity contribution in [3.8, 4) is 0 Å². The number of hydrogen-bond donors (Lipinski definition) is 9. The third kappa shape index (κ3) is 20.4. The fraction of sp³-hybridized carbons (Fsp3) is 0.235. The number of hydrogen-bond acceptors (Lipinski definition) is 12. The second-order valence-electron chi connectivity index (χ2n) is 16.8. The van der Waals surface area contributed by atoms with Crippen LogP contribution in [0.5, 0.6) is 0 Å². The molecule has 0 heterocycles. The van der Waals surface area contributed by atoms with Gasteiger partial charge in [-0.3, -0.25) is 28.9 Å². The van der Waals surface area contributed by atoms with Gasteiger partial charge in [0.15, 0.2) is 0 Å². The van der Waals surface area contributed by atoms with E-state index in [-0.39, 0.29) is 81.7 Å². The fourth-order valence-corrected chi connectivity index (χ4v) is 8.60. The molecule has 0 saturated heterocycles. The highest BCUT2D eigenvalue weighted by Crippen LogP contribution is 2.32. The molecule has 0 aliphatic carbocycles. The molecule has 0 aliphatic rings. The van der Waals surface area contributed by atoms with Gasteiger partial charge in [-0.1, -0.05) is 25.4 Å². The molecule has 0 unspecified atom stereocenters. The summed E-state index contributed by atoms with van der Waals surface area (Å²) >= 11 is 18.3. The summed E-state index contributed by atoms with van der Waals surface area (Å²) in [5.41, 5.74) is 10.8. The Kier molecular flexibility index (Phi) is 26.8. The third-order valence-electron chi connectivity index (χ3n) is 10.0. The van der Waals surface area contributed by atoms with Crippen LogP contribution >= 0.6 is 111 Å². The molecule has 0 aliphatic heterocycles. The Labute approximate surface area is 498 Å². The number of rotatable bonds is 20. The first kappa shape index (κ1) is 64.6. The van der Waals surface area contributed by atoms with E-state index in [2.05, 4.69) is 109 Å². The Morgan fingerprint density at radius 2 is 0.947 bits per heavy atom. The zero-order valence-electron chi connectivity index (χ0n) is 40.7. The van der Waals surface area contributed by atoms with E-state index < -0.39 is 46.4 Å². The fourth-order valence-electron chi connectivity index (χ4n) is 6.00. The zero-order valence-corrected chi connectivity index (χ0v) is 51.1. The van der Waals surface area contributed by atoms with Gasteiger partial charge >= 0.3 is 0 Å². The van der Waals surface area contributed by atoms with Crippen molar-refractivity contribution < 1.29 is 61.8 Å². The molecule has 0 radical (unpaired) electrons. The smallest absolute Gasteiger partial charge is 0.277 e. The van der Waals surface area contributed by atoms with Crippen LogP contribution in [0.2, 0.25) is 5.02 Å². The molecule has 15 nitrogen and oxygen atoms in total. The monoisotopic (exact) mass is 1540 g/mol. The van der Waals surface area contributed by atoms with Crippen molar-refractivity contribution in [2.45, 2.75) is 34.1 Å². The van der Waals surface area contributed by atoms with E-state index in [1.807, 2.05) is 72.8 Å². The van der Waals surface area contributed by atoms with E-state index in [0.717, 1.165) is 41.8 Å². The van der Waals surface area contributed by atoms with Gasteiger partial charge in [0.1, 0.15) is 23.3 Å². The Hall–Kier alpha value is -3.95. The number of aliphatic hydroxyl groups is 3. The summed E-state index contributed by atoms with van der Waals surface area (Å²) in [7, 11) is 0. The maximum atomic E-state index is 14.1. The van der Waals surface area contributed by atoms with E-state index in [0.29, 0.717) is 21.4 Å². The van der Waals surface area contributed by atoms with Crippen molar-refractivity contribution >= 4 is 163 Å². The van der Waals surface area contributed by atoms with Gasteiger partial charge in [0, 0.05) is 34.1 Å². The highest BCUT2D eigenvalue weighted by atomic mass is 127. The lowest BCUT2D eigenvalue weighted by Crippen LogP contribution is -2.32. The van der Waals surface area contributed by atoms with Crippen LogP contribution in [0.15, 0.2) is 99.9 Å². The summed E-state index contributed by atoms with van der Waals surface area (Å²) in [5.74, 6) is -4.04. The molecular weight excluding hydrogens is 1490 g/mol. The van der Waals surface area contributed by atoms with Crippen molar-refractivity contribution in [2.24, 2.45) is 5.41 Å². The van der Waals surface area contributed by atoms with Crippen LogP contribution in [0, 0.1) is 53.2 Å². The predicted octanol–water partition coefficient (Wildman–Crippen LogP) is 12.8. The number of aryl methyl sites for hydroxylation is 2. The largest absolute Gasteiger partial charge is 0.396 e. The number of benzene rings is 6. The molecule has 0 bridgehead atoms. The van der Waals surface area contributed by atoms with Crippen LogP contribution in [0.3, 0.4) is 0 Å². The van der Waals surface area contributed by atoms with Crippen molar-refractivity contribution in [3.05, 3.63) is 167 Å². The van der Waals surface area contributed by atoms with Crippen molar-refractivity contribution in [3.63, 3.8) is 0 Å². The molecule has 0 spiro atoms. The molecule has 25 heteroatoms. The zero-order chi connectivity index (χ0) is 56.3. The number of anilines is 6. The minimum absolute atomic E-state index is 0.0267. The Bertz CT molecular complexity index is 3010. The summed E-state index contributed by atoms with van der Waals surface area (Å²) < 4.78 is 59.0. The van der Waals surface area contributed by atoms with E-state index in [1.54, 1.807) is 19.9 Å². The third-order valence-corrected chi connectivity index (χ3v) is 13.5. The van der Waals surface area contributed by atoms with Crippen LogP contribution in [0.4, 0.5) is 51.7 Å². The predicted molar refractivity (Wildman–Crippen MR) is 316 cm³/mol. The number of hydroxylamine groups is 3. The number of amides is 3. The molecule has 9 N–H and O–H groups in total. The van der Waals surface area contributed by atoms with Crippen LogP contribution < -0.4 is 32.4 Å². The van der Waals surface area contributed by atoms with Gasteiger partial charge in [-0.25, -0.2) is 34.0 Å². The average molecular weight is 1540 g/mol. The van der Waals surface area contributed by atoms with Crippen LogP contribution in [0.1, 0.15) is 62.5 Å². The minimum atomic E-state index is -0.760. The van der Waals surface area contributed by atoms with E-state index in [9.17, 15) is 37.1 Å². The topological polar surface area (TPSA) is 212 Å². The second-order valence-corrected chi connectivity index (χ2v) is 22.6. The summed E-state index contributed by atoms with van der Waals surface area (Å²) in [6.45, 7) is 7.17. The van der Waals surface area contributed by atoms with Crippen LogP contribution in [0.25, 0.3) is 0 Å². The molecule has 0 saturated carbocycles. The number of halogens is 10. The standard InChI is InChI=1S/C18H18ClF2IN2O3.C17H17BrFIN2O3.C16H15BrFIN2O3/c1-18(2,8-25)9-27-24-17(26)11-6-12(19)13(20)7-16(11)23-15-4-3-10(22)5-14(15)21;1-10-7-11(20)3-4-15(10)21-16-9-14(19)13(18)8-12(16)17(24)22-25-6-2-5-23;1-9-6-10(19)2-3-14(9)20-15-8-13(18)12(17)7-11(15)16(23)21-24-5-4-22/h3-7,23,25H,8-9H2,1-2H3,(H,24,26);3-4,7-9,21,23H,2,5-6H2,1H3,(H,22,24);2-3,6-8,20,22H,4-5H2,1H3,(H,21,23). The summed E-state index contributed by atoms with van der Waals surface area (Å²) in [6.07, 6.45) is 0.403. The summed E-state index contributed by atoms with van der Waals surface area (Å²) in [4.78, 5) is 51.9. The number of carbonyl (C=O) groups excluding carboxylic acids is 3. The molecular formula is C51H50Br2ClF4I3N6O9. The van der Waals surface area contributed by atoms with Gasteiger partial charge in [0.25, 0.3) is 17.7 Å². The molecule has 0 atom stereocenters. The molecule has 3 amide bonds. The van der Waals surface area contributed by atoms with Gasteiger partial charge in [0.05, 0.1) is 86.4 Å². The van der Waals surface area contributed by atoms with E-state index in [4.69, 9.17) is 36.3 Å². The van der Waals surface area contributed by atoms with Gasteiger partial charge < -0.3 is 31.3 Å². The SMILES string of the molecule is CC(C)(CO)CONC(=O)c1cc(Cl)c(F)cc1Nc1ccc(I)cc1F.Cc1cc(I)ccc1Nc1cc(F)c(Br)cc1C(=O)NOCCCO.Cc1cc(I)ccc1Nc1cc(F)c(Br)cc1C(=O)NOCCO. The van der Waals surface area contributed by atoms with Crippen molar-refractivity contribution in [1.29, 1.82) is 0 Å². The average Bonchev–Trinajstić information content (AvgIpc) is 3.36. The molecule has 408 valence electrons. The Morgan fingerprint density at radius 1 is 0.539 bits per heavy atom. The highest BCUT2D eigenvalue weighted by Gasteiger charge is 2.22. The van der Waals surface area contributed by atoms with Gasteiger partial charge in [-0.2, -0.15) is 0 Å². The van der Waals surface area contributed by atoms with E-state index >= 15 is 0 Å². The molecule has 0 aromatic heterocycles. The van der Waals surface area contributed by atoms with E-state index in [1.165, 1.54) is 36.4 Å². The van der Waals surface area contributed by atoms with Crippen molar-refractivity contribution in [1.82, 2.24) is 16.4 Å². The number of aliphatic hydroxyl groups excluding tert-OH is 3. The van der Waals surface area contributed by atoms with Crippen LogP contribution in [-0.4, -0.2) is 72.7 Å². The molecule has 0 fully saturated rings. The quantitative estimate of drug-likeness (QED) is 0.0151. The lowest BCUT2D eigenvalue weighted by atomic mass is 9.97. The van der Waals surface area contributed by atoms with Crippen molar-refractivity contribution in [2.75, 3.05) is 55.6 Å². The first-order valence-electron chi connectivity index (χ1n) is 22.3.